The Balaban J connectivity index is 1.34. The van der Waals surface area contributed by atoms with Gasteiger partial charge in [0.2, 0.25) is 5.91 Å². The van der Waals surface area contributed by atoms with Crippen molar-refractivity contribution in [3.8, 4) is 0 Å². The van der Waals surface area contributed by atoms with E-state index in [1.54, 1.807) is 10.6 Å². The molecule has 1 amide bonds. The Morgan fingerprint density at radius 3 is 2.59 bits per heavy atom. The molecule has 0 radical (unpaired) electrons. The van der Waals surface area contributed by atoms with Gasteiger partial charge in [0.05, 0.1) is 18.7 Å². The predicted molar refractivity (Wildman–Crippen MR) is 114 cm³/mol. The molecule has 0 saturated carbocycles. The molecule has 6 heteroatoms. The lowest BCUT2D eigenvalue weighted by molar-refractivity contribution is -0.133. The average molecular weight is 398 g/mol. The number of aryl methyl sites for hydroxylation is 1. The van der Waals surface area contributed by atoms with Crippen molar-refractivity contribution in [3.05, 3.63) is 46.2 Å². The van der Waals surface area contributed by atoms with Crippen molar-refractivity contribution < 1.29 is 9.53 Å². The molecule has 0 N–H and O–H groups in total. The Morgan fingerprint density at radius 2 is 1.83 bits per heavy atom. The molecule has 6 nitrogen and oxygen atoms in total. The molecule has 0 unspecified atom stereocenters. The first kappa shape index (κ1) is 20.1. The van der Waals surface area contributed by atoms with Crippen molar-refractivity contribution in [3.63, 3.8) is 0 Å². The van der Waals surface area contributed by atoms with Gasteiger partial charge in [-0.3, -0.25) is 19.1 Å². The molecular weight excluding hydrogens is 366 g/mol. The fraction of sp³-hybridized carbons (Fsp3) is 0.565. The number of rotatable bonds is 5. The van der Waals surface area contributed by atoms with Gasteiger partial charge in [-0.2, -0.15) is 0 Å². The van der Waals surface area contributed by atoms with Gasteiger partial charge in [-0.25, -0.2) is 0 Å². The standard InChI is InChI=1S/C23H31N3O3/c1-18-16-22(27)26(21-5-3-2-4-20(18)21)17-23(28)25-10-7-19(8-11-25)6-9-24-12-14-29-15-13-24/h2-5,16,19H,6-15,17H2,1H3. The number of piperidine rings is 1. The van der Waals surface area contributed by atoms with Crippen LogP contribution in [-0.4, -0.2) is 66.2 Å². The third-order valence-corrected chi connectivity index (χ3v) is 6.44. The highest BCUT2D eigenvalue weighted by Crippen LogP contribution is 2.22. The number of aromatic nitrogens is 1. The van der Waals surface area contributed by atoms with Gasteiger partial charge in [-0.15, -0.1) is 0 Å². The van der Waals surface area contributed by atoms with E-state index in [9.17, 15) is 9.59 Å². The van der Waals surface area contributed by atoms with E-state index >= 15 is 0 Å². The number of fused-ring (bicyclic) bond motifs is 1. The number of pyridine rings is 1. The summed E-state index contributed by atoms with van der Waals surface area (Å²) in [5.41, 5.74) is 1.69. The van der Waals surface area contributed by atoms with E-state index in [1.807, 2.05) is 36.1 Å². The molecule has 1 aromatic carbocycles. The van der Waals surface area contributed by atoms with E-state index in [1.165, 1.54) is 6.42 Å². The maximum Gasteiger partial charge on any atom is 0.251 e. The van der Waals surface area contributed by atoms with Gasteiger partial charge in [0, 0.05) is 37.6 Å². The zero-order valence-corrected chi connectivity index (χ0v) is 17.3. The van der Waals surface area contributed by atoms with E-state index in [0.717, 1.165) is 75.2 Å². The van der Waals surface area contributed by atoms with Crippen LogP contribution in [0.3, 0.4) is 0 Å². The normalized spacial score (nSPS) is 19.0. The van der Waals surface area contributed by atoms with E-state index in [4.69, 9.17) is 4.74 Å². The van der Waals surface area contributed by atoms with Gasteiger partial charge >= 0.3 is 0 Å². The molecule has 2 saturated heterocycles. The minimum atomic E-state index is -0.102. The van der Waals surface area contributed by atoms with E-state index < -0.39 is 0 Å². The fourth-order valence-corrected chi connectivity index (χ4v) is 4.56. The van der Waals surface area contributed by atoms with Crippen LogP contribution in [0.15, 0.2) is 35.1 Å². The molecule has 2 fully saturated rings. The SMILES string of the molecule is Cc1cc(=O)n(CC(=O)N2CCC(CCN3CCOCC3)CC2)c2ccccc12. The third-order valence-electron chi connectivity index (χ3n) is 6.44. The summed E-state index contributed by atoms with van der Waals surface area (Å²) in [4.78, 5) is 29.9. The monoisotopic (exact) mass is 397 g/mol. The van der Waals surface area contributed by atoms with Gasteiger partial charge in [-0.05, 0) is 50.3 Å². The number of amides is 1. The number of carbonyl (C=O) groups is 1. The lowest BCUT2D eigenvalue weighted by Gasteiger charge is -2.34. The number of benzene rings is 1. The van der Waals surface area contributed by atoms with Crippen LogP contribution in [-0.2, 0) is 16.1 Å². The van der Waals surface area contributed by atoms with E-state index in [2.05, 4.69) is 4.90 Å². The second-order valence-corrected chi connectivity index (χ2v) is 8.34. The zero-order valence-electron chi connectivity index (χ0n) is 17.3. The minimum Gasteiger partial charge on any atom is -0.379 e. The maximum absolute atomic E-state index is 12.9. The van der Waals surface area contributed by atoms with Gasteiger partial charge in [0.25, 0.3) is 5.56 Å². The molecule has 0 aliphatic carbocycles. The van der Waals surface area contributed by atoms with Crippen molar-refractivity contribution in [1.29, 1.82) is 0 Å². The summed E-state index contributed by atoms with van der Waals surface area (Å²) in [6, 6.07) is 9.45. The summed E-state index contributed by atoms with van der Waals surface area (Å²) < 4.78 is 7.03. The van der Waals surface area contributed by atoms with Crippen LogP contribution in [0.4, 0.5) is 0 Å². The van der Waals surface area contributed by atoms with Gasteiger partial charge < -0.3 is 9.64 Å². The number of nitrogens with zero attached hydrogens (tertiary/aromatic N) is 3. The second kappa shape index (κ2) is 9.09. The third kappa shape index (κ3) is 4.70. The molecule has 2 aromatic rings. The van der Waals surface area contributed by atoms with Crippen molar-refractivity contribution in [2.24, 2.45) is 5.92 Å². The Bertz CT molecular complexity index is 909. The number of hydrogen-bond acceptors (Lipinski definition) is 4. The highest BCUT2D eigenvalue weighted by molar-refractivity contribution is 5.84. The number of morpholine rings is 1. The van der Waals surface area contributed by atoms with Gasteiger partial charge in [0.15, 0.2) is 0 Å². The molecule has 2 aliphatic heterocycles. The van der Waals surface area contributed by atoms with E-state index in [-0.39, 0.29) is 18.0 Å². The highest BCUT2D eigenvalue weighted by Gasteiger charge is 2.24. The second-order valence-electron chi connectivity index (χ2n) is 8.34. The predicted octanol–water partition coefficient (Wildman–Crippen LogP) is 2.27. The Labute approximate surface area is 172 Å². The Morgan fingerprint density at radius 1 is 1.10 bits per heavy atom. The van der Waals surface area contributed by atoms with Crippen LogP contribution in [0.1, 0.15) is 24.8 Å². The van der Waals surface area contributed by atoms with Crippen molar-refractivity contribution in [1.82, 2.24) is 14.4 Å². The highest BCUT2D eigenvalue weighted by atomic mass is 16.5. The van der Waals surface area contributed by atoms with Crippen LogP contribution in [0, 0.1) is 12.8 Å². The minimum absolute atomic E-state index is 0.0488. The summed E-state index contributed by atoms with van der Waals surface area (Å²) in [5, 5.41) is 1.03. The van der Waals surface area contributed by atoms with Crippen LogP contribution >= 0.6 is 0 Å². The Hall–Kier alpha value is -2.18. The molecule has 1 aromatic heterocycles. The van der Waals surface area contributed by atoms with Crippen LogP contribution < -0.4 is 5.56 Å². The average Bonchev–Trinajstić information content (AvgIpc) is 2.76. The molecule has 29 heavy (non-hydrogen) atoms. The number of carbonyl (C=O) groups excluding carboxylic acids is 1. The van der Waals surface area contributed by atoms with Crippen LogP contribution in [0.2, 0.25) is 0 Å². The maximum atomic E-state index is 12.9. The van der Waals surface area contributed by atoms with Crippen LogP contribution in [0.5, 0.6) is 0 Å². The molecular formula is C23H31N3O3. The zero-order chi connectivity index (χ0) is 20.2. The van der Waals surface area contributed by atoms with Crippen LogP contribution in [0.25, 0.3) is 10.9 Å². The number of likely N-dealkylation sites (tertiary alicyclic amines) is 1. The first-order valence-corrected chi connectivity index (χ1v) is 10.8. The Kier molecular flexibility index (Phi) is 6.31. The fourth-order valence-electron chi connectivity index (χ4n) is 4.56. The van der Waals surface area contributed by atoms with E-state index in [0.29, 0.717) is 5.92 Å². The summed E-state index contributed by atoms with van der Waals surface area (Å²) in [6.07, 6.45) is 3.31. The molecule has 3 heterocycles. The van der Waals surface area contributed by atoms with Gasteiger partial charge in [-0.1, -0.05) is 18.2 Å². The molecule has 0 bridgehead atoms. The number of para-hydroxylation sites is 1. The van der Waals surface area contributed by atoms with Gasteiger partial charge in [0.1, 0.15) is 6.54 Å². The summed E-state index contributed by atoms with van der Waals surface area (Å²) in [7, 11) is 0. The van der Waals surface area contributed by atoms with Crippen molar-refractivity contribution in [2.45, 2.75) is 32.7 Å². The summed E-state index contributed by atoms with van der Waals surface area (Å²) >= 11 is 0. The molecule has 2 aliphatic rings. The lowest BCUT2D eigenvalue weighted by atomic mass is 9.93. The molecule has 0 atom stereocenters. The van der Waals surface area contributed by atoms with Crippen molar-refractivity contribution >= 4 is 16.8 Å². The summed E-state index contributed by atoms with van der Waals surface area (Å²) in [5.74, 6) is 0.734. The summed E-state index contributed by atoms with van der Waals surface area (Å²) in [6.45, 7) is 8.56. The molecule has 4 rings (SSSR count). The molecule has 156 valence electrons. The number of hydrogen-bond donors (Lipinski definition) is 0. The first-order chi connectivity index (χ1) is 14.1. The first-order valence-electron chi connectivity index (χ1n) is 10.8. The van der Waals surface area contributed by atoms with Crippen molar-refractivity contribution in [2.75, 3.05) is 45.9 Å². The quantitative estimate of drug-likeness (QED) is 0.777. The molecule has 0 spiro atoms. The number of ether oxygens (including phenoxy) is 1. The topological polar surface area (TPSA) is 54.8 Å². The lowest BCUT2D eigenvalue weighted by Crippen LogP contribution is -2.42. The largest absolute Gasteiger partial charge is 0.379 e. The smallest absolute Gasteiger partial charge is 0.251 e.